The van der Waals surface area contributed by atoms with Crippen molar-refractivity contribution in [3.63, 3.8) is 0 Å². The zero-order chi connectivity index (χ0) is 15.9. The summed E-state index contributed by atoms with van der Waals surface area (Å²) in [7, 11) is 0. The van der Waals surface area contributed by atoms with Crippen LogP contribution in [0.5, 0.6) is 11.5 Å². The second-order valence-corrected chi connectivity index (χ2v) is 6.47. The van der Waals surface area contributed by atoms with Gasteiger partial charge in [0.2, 0.25) is 0 Å². The van der Waals surface area contributed by atoms with Crippen molar-refractivity contribution in [2.24, 2.45) is 0 Å². The van der Waals surface area contributed by atoms with Crippen LogP contribution in [0, 0.1) is 0 Å². The SMILES string of the molecule is O=C1Nc2nc(Cl)ccc2O/C1=C/c1cc(Br)c(O)c(Br)c1. The number of anilines is 1. The van der Waals surface area contributed by atoms with E-state index in [1.54, 1.807) is 30.3 Å². The van der Waals surface area contributed by atoms with E-state index < -0.39 is 5.91 Å². The molecule has 0 unspecified atom stereocenters. The van der Waals surface area contributed by atoms with E-state index in [4.69, 9.17) is 16.3 Å². The number of pyridine rings is 1. The van der Waals surface area contributed by atoms with Crippen LogP contribution in [-0.4, -0.2) is 16.0 Å². The summed E-state index contributed by atoms with van der Waals surface area (Å²) in [5.41, 5.74) is 0.673. The number of hydrogen-bond acceptors (Lipinski definition) is 4. The van der Waals surface area contributed by atoms with Crippen LogP contribution in [0.1, 0.15) is 5.56 Å². The van der Waals surface area contributed by atoms with Gasteiger partial charge >= 0.3 is 0 Å². The number of amides is 1. The third kappa shape index (κ3) is 2.97. The van der Waals surface area contributed by atoms with E-state index in [0.29, 0.717) is 20.3 Å². The lowest BCUT2D eigenvalue weighted by Crippen LogP contribution is -2.24. The second kappa shape index (κ2) is 5.91. The molecule has 1 amide bonds. The molecular weight excluding hydrogens is 439 g/mol. The number of nitrogens with zero attached hydrogens (tertiary/aromatic N) is 1. The number of benzene rings is 1. The minimum atomic E-state index is -0.428. The van der Waals surface area contributed by atoms with Gasteiger partial charge in [0, 0.05) is 0 Å². The normalized spacial score (nSPS) is 15.2. The molecule has 0 saturated heterocycles. The Morgan fingerprint density at radius 3 is 2.64 bits per heavy atom. The highest BCUT2D eigenvalue weighted by molar-refractivity contribution is 9.11. The third-order valence-electron chi connectivity index (χ3n) is 2.84. The summed E-state index contributed by atoms with van der Waals surface area (Å²) >= 11 is 12.2. The summed E-state index contributed by atoms with van der Waals surface area (Å²) < 4.78 is 6.55. The molecule has 0 radical (unpaired) electrons. The molecule has 2 N–H and O–H groups in total. The Hall–Kier alpha value is -1.57. The van der Waals surface area contributed by atoms with E-state index in [2.05, 4.69) is 42.2 Å². The quantitative estimate of drug-likeness (QED) is 0.505. The monoisotopic (exact) mass is 444 g/mol. The van der Waals surface area contributed by atoms with Gasteiger partial charge in [-0.2, -0.15) is 0 Å². The van der Waals surface area contributed by atoms with Crippen LogP contribution in [0.2, 0.25) is 5.15 Å². The number of aromatic hydroxyl groups is 1. The van der Waals surface area contributed by atoms with Gasteiger partial charge < -0.3 is 15.2 Å². The molecule has 1 aliphatic rings. The third-order valence-corrected chi connectivity index (χ3v) is 4.26. The molecule has 0 fully saturated rings. The number of fused-ring (bicyclic) bond motifs is 1. The Balaban J connectivity index is 1.99. The number of hydrogen-bond donors (Lipinski definition) is 2. The van der Waals surface area contributed by atoms with Gasteiger partial charge in [0.1, 0.15) is 10.9 Å². The topological polar surface area (TPSA) is 71.5 Å². The predicted octanol–water partition coefficient (Wildman–Crippen LogP) is 4.34. The highest BCUT2D eigenvalue weighted by Gasteiger charge is 2.23. The van der Waals surface area contributed by atoms with Gasteiger partial charge in [-0.1, -0.05) is 11.6 Å². The average molecular weight is 446 g/mol. The summed E-state index contributed by atoms with van der Waals surface area (Å²) in [5.74, 6) is 0.457. The van der Waals surface area contributed by atoms with E-state index in [-0.39, 0.29) is 22.5 Å². The van der Waals surface area contributed by atoms with Gasteiger partial charge in [0.05, 0.1) is 8.95 Å². The molecule has 1 aromatic carbocycles. The first-order valence-electron chi connectivity index (χ1n) is 5.99. The lowest BCUT2D eigenvalue weighted by Gasteiger charge is -2.19. The molecule has 3 rings (SSSR count). The van der Waals surface area contributed by atoms with Crippen molar-refractivity contribution in [1.29, 1.82) is 0 Å². The lowest BCUT2D eigenvalue weighted by molar-refractivity contribution is -0.115. The Morgan fingerprint density at radius 1 is 1.27 bits per heavy atom. The summed E-state index contributed by atoms with van der Waals surface area (Å²) in [5, 5.41) is 12.6. The maximum atomic E-state index is 12.0. The molecule has 2 aromatic rings. The van der Waals surface area contributed by atoms with Gasteiger partial charge in [-0.15, -0.1) is 0 Å². The van der Waals surface area contributed by atoms with Crippen LogP contribution in [0.15, 0.2) is 39.0 Å². The number of phenolic OH excluding ortho intramolecular Hbond substituents is 1. The number of phenols is 1. The van der Waals surface area contributed by atoms with E-state index in [0.717, 1.165) is 0 Å². The Bertz CT molecular complexity index is 801. The Kier molecular flexibility index (Phi) is 4.12. The van der Waals surface area contributed by atoms with Gasteiger partial charge in [-0.3, -0.25) is 4.79 Å². The van der Waals surface area contributed by atoms with Crippen LogP contribution >= 0.6 is 43.5 Å². The summed E-state index contributed by atoms with van der Waals surface area (Å²) in [6.07, 6.45) is 1.56. The molecule has 2 heterocycles. The maximum absolute atomic E-state index is 12.0. The largest absolute Gasteiger partial charge is 0.506 e. The highest BCUT2D eigenvalue weighted by Crippen LogP contribution is 2.35. The fourth-order valence-electron chi connectivity index (χ4n) is 1.84. The van der Waals surface area contributed by atoms with Crippen LogP contribution in [0.3, 0.4) is 0 Å². The van der Waals surface area contributed by atoms with E-state index in [1.165, 1.54) is 0 Å². The maximum Gasteiger partial charge on any atom is 0.292 e. The van der Waals surface area contributed by atoms with E-state index in [9.17, 15) is 9.90 Å². The standard InChI is InChI=1S/C14H7Br2ClN2O3/c15-7-3-6(4-8(16)12(7)20)5-10-14(21)19-13-9(22-10)1-2-11(17)18-13/h1-5,20H,(H,18,19,21)/b10-5+. The molecule has 5 nitrogen and oxygen atoms in total. The van der Waals surface area contributed by atoms with Crippen molar-refractivity contribution >= 4 is 61.3 Å². The molecule has 112 valence electrons. The Labute approximate surface area is 147 Å². The van der Waals surface area contributed by atoms with Crippen molar-refractivity contribution in [2.45, 2.75) is 0 Å². The molecular formula is C14H7Br2ClN2O3. The number of nitrogens with one attached hydrogen (secondary N) is 1. The number of rotatable bonds is 1. The second-order valence-electron chi connectivity index (χ2n) is 4.38. The molecule has 0 aliphatic carbocycles. The summed E-state index contributed by atoms with van der Waals surface area (Å²) in [6.45, 7) is 0. The van der Waals surface area contributed by atoms with Crippen LogP contribution < -0.4 is 10.1 Å². The van der Waals surface area contributed by atoms with Gasteiger partial charge in [0.15, 0.2) is 17.3 Å². The fraction of sp³-hybridized carbons (Fsp3) is 0. The van der Waals surface area contributed by atoms with Crippen LogP contribution in [0.25, 0.3) is 6.08 Å². The molecule has 0 bridgehead atoms. The molecule has 22 heavy (non-hydrogen) atoms. The molecule has 0 atom stereocenters. The smallest absolute Gasteiger partial charge is 0.292 e. The van der Waals surface area contributed by atoms with E-state index in [1.807, 2.05) is 0 Å². The number of aromatic nitrogens is 1. The average Bonchev–Trinajstić information content (AvgIpc) is 2.45. The first-order chi connectivity index (χ1) is 10.4. The molecule has 1 aliphatic heterocycles. The highest BCUT2D eigenvalue weighted by atomic mass is 79.9. The van der Waals surface area contributed by atoms with Gasteiger partial charge in [-0.25, -0.2) is 4.98 Å². The predicted molar refractivity (Wildman–Crippen MR) is 90.0 cm³/mol. The Morgan fingerprint density at radius 2 is 1.95 bits per heavy atom. The zero-order valence-corrected chi connectivity index (χ0v) is 14.7. The molecule has 1 aromatic heterocycles. The number of carbonyl (C=O) groups is 1. The number of halogens is 3. The molecule has 0 saturated carbocycles. The van der Waals surface area contributed by atoms with E-state index >= 15 is 0 Å². The van der Waals surface area contributed by atoms with Crippen LogP contribution in [-0.2, 0) is 4.79 Å². The first kappa shape index (κ1) is 15.3. The summed E-state index contributed by atoms with van der Waals surface area (Å²) in [4.78, 5) is 16.0. The van der Waals surface area contributed by atoms with Crippen molar-refractivity contribution in [1.82, 2.24) is 4.98 Å². The zero-order valence-electron chi connectivity index (χ0n) is 10.7. The lowest BCUT2D eigenvalue weighted by atomic mass is 10.2. The molecule has 8 heteroatoms. The van der Waals surface area contributed by atoms with Crippen molar-refractivity contribution in [2.75, 3.05) is 5.32 Å². The first-order valence-corrected chi connectivity index (χ1v) is 7.96. The van der Waals surface area contributed by atoms with Gasteiger partial charge in [0.25, 0.3) is 5.91 Å². The van der Waals surface area contributed by atoms with Crippen molar-refractivity contribution in [3.05, 3.63) is 49.7 Å². The minimum Gasteiger partial charge on any atom is -0.506 e. The van der Waals surface area contributed by atoms with Gasteiger partial charge in [-0.05, 0) is 67.8 Å². The summed E-state index contributed by atoms with van der Waals surface area (Å²) in [6, 6.07) is 6.53. The minimum absolute atomic E-state index is 0.0837. The van der Waals surface area contributed by atoms with Crippen LogP contribution in [0.4, 0.5) is 5.82 Å². The van der Waals surface area contributed by atoms with Crippen molar-refractivity contribution in [3.8, 4) is 11.5 Å². The molecule has 0 spiro atoms. The number of ether oxygens (including phenoxy) is 1. The number of carbonyl (C=O) groups excluding carboxylic acids is 1. The van der Waals surface area contributed by atoms with Crippen molar-refractivity contribution < 1.29 is 14.6 Å². The fourth-order valence-corrected chi connectivity index (χ4v) is 3.21.